The second-order valence-electron chi connectivity index (χ2n) is 4.65. The second-order valence-corrected chi connectivity index (χ2v) is 4.65. The first-order valence-corrected chi connectivity index (χ1v) is 6.85. The lowest BCUT2D eigenvalue weighted by molar-refractivity contribution is 0.0925. The molecule has 3 N–H and O–H groups in total. The number of carbonyl (C=O) groups excluding carboxylic acids is 1. The van der Waals surface area contributed by atoms with Gasteiger partial charge in [0.05, 0.1) is 6.33 Å². The van der Waals surface area contributed by atoms with Gasteiger partial charge in [-0.3, -0.25) is 4.79 Å². The fraction of sp³-hybridized carbons (Fsp3) is 0.692. The number of amides is 1. The Morgan fingerprint density at radius 2 is 2.21 bits per heavy atom. The van der Waals surface area contributed by atoms with Crippen LogP contribution in [0.25, 0.3) is 0 Å². The molecule has 1 unspecified atom stereocenters. The number of rotatable bonds is 8. The number of nitrogens with one attached hydrogen (secondary N) is 1. The summed E-state index contributed by atoms with van der Waals surface area (Å²) in [4.78, 5) is 18.4. The van der Waals surface area contributed by atoms with E-state index in [-0.39, 0.29) is 11.9 Å². The largest absolute Gasteiger partial charge is 0.347 e. The highest BCUT2D eigenvalue weighted by molar-refractivity contribution is 5.92. The zero-order chi connectivity index (χ0) is 14.3. The van der Waals surface area contributed by atoms with E-state index in [2.05, 4.69) is 29.0 Å². The average molecular weight is 267 g/mol. The first-order valence-electron chi connectivity index (χ1n) is 6.85. The van der Waals surface area contributed by atoms with Gasteiger partial charge < -0.3 is 20.5 Å². The normalized spacial score (nSPS) is 12.7. The van der Waals surface area contributed by atoms with E-state index in [1.807, 2.05) is 11.5 Å². The lowest BCUT2D eigenvalue weighted by Crippen LogP contribution is -2.42. The number of nitrogens with zero attached hydrogens (tertiary/aromatic N) is 3. The number of carbonyl (C=O) groups is 1. The molecule has 6 nitrogen and oxygen atoms in total. The van der Waals surface area contributed by atoms with Crippen molar-refractivity contribution in [3.05, 3.63) is 18.2 Å². The summed E-state index contributed by atoms with van der Waals surface area (Å²) in [5.41, 5.74) is 5.90. The Morgan fingerprint density at radius 3 is 2.79 bits per heavy atom. The summed E-state index contributed by atoms with van der Waals surface area (Å²) in [7, 11) is 0. The number of aromatic nitrogens is 2. The molecule has 1 atom stereocenters. The molecule has 1 amide bonds. The standard InChI is InChI=1S/C13H25N5O/c1-4-17(5-2)8-11(3)16-13(19)12-9-18(7-6-14)10-15-12/h9-11H,4-8,14H2,1-3H3,(H,16,19). The highest BCUT2D eigenvalue weighted by atomic mass is 16.2. The summed E-state index contributed by atoms with van der Waals surface area (Å²) < 4.78 is 1.82. The highest BCUT2D eigenvalue weighted by Gasteiger charge is 2.14. The summed E-state index contributed by atoms with van der Waals surface area (Å²) >= 11 is 0. The molecule has 1 heterocycles. The molecular weight excluding hydrogens is 242 g/mol. The Morgan fingerprint density at radius 1 is 1.53 bits per heavy atom. The Balaban J connectivity index is 2.48. The minimum atomic E-state index is -0.129. The molecule has 0 fully saturated rings. The molecule has 1 aromatic rings. The van der Waals surface area contributed by atoms with E-state index in [0.717, 1.165) is 19.6 Å². The van der Waals surface area contributed by atoms with Gasteiger partial charge >= 0.3 is 0 Å². The van der Waals surface area contributed by atoms with E-state index in [0.29, 0.717) is 18.8 Å². The Bertz CT molecular complexity index is 386. The van der Waals surface area contributed by atoms with Crippen molar-refractivity contribution in [2.45, 2.75) is 33.4 Å². The van der Waals surface area contributed by atoms with Gasteiger partial charge in [0.15, 0.2) is 0 Å². The molecule has 0 spiro atoms. The zero-order valence-electron chi connectivity index (χ0n) is 12.1. The van der Waals surface area contributed by atoms with Gasteiger partial charge in [-0.1, -0.05) is 13.8 Å². The number of nitrogens with two attached hydrogens (primary N) is 1. The van der Waals surface area contributed by atoms with Crippen molar-refractivity contribution < 1.29 is 4.79 Å². The van der Waals surface area contributed by atoms with E-state index in [1.54, 1.807) is 12.5 Å². The predicted octanol–water partition coefficient (Wildman–Crippen LogP) is 0.302. The SMILES string of the molecule is CCN(CC)CC(C)NC(=O)c1cn(CCN)cn1. The van der Waals surface area contributed by atoms with Crippen LogP contribution >= 0.6 is 0 Å². The number of likely N-dealkylation sites (N-methyl/N-ethyl adjacent to an activating group) is 1. The summed E-state index contributed by atoms with van der Waals surface area (Å²) in [6.45, 7) is 10.3. The van der Waals surface area contributed by atoms with Crippen molar-refractivity contribution in [1.82, 2.24) is 19.8 Å². The van der Waals surface area contributed by atoms with E-state index in [4.69, 9.17) is 5.73 Å². The van der Waals surface area contributed by atoms with Gasteiger partial charge in [0, 0.05) is 31.9 Å². The van der Waals surface area contributed by atoms with Crippen LogP contribution in [-0.2, 0) is 6.54 Å². The smallest absolute Gasteiger partial charge is 0.271 e. The number of hydrogen-bond donors (Lipinski definition) is 2. The molecule has 0 radical (unpaired) electrons. The van der Waals surface area contributed by atoms with Gasteiger partial charge in [-0.15, -0.1) is 0 Å². The summed E-state index contributed by atoms with van der Waals surface area (Å²) in [6, 6.07) is 0.104. The van der Waals surface area contributed by atoms with E-state index in [9.17, 15) is 4.79 Å². The van der Waals surface area contributed by atoms with E-state index >= 15 is 0 Å². The van der Waals surface area contributed by atoms with E-state index in [1.165, 1.54) is 0 Å². The second kappa shape index (κ2) is 7.91. The van der Waals surface area contributed by atoms with Gasteiger partial charge in [-0.2, -0.15) is 0 Å². The third-order valence-corrected chi connectivity index (χ3v) is 3.06. The molecule has 1 rings (SSSR count). The lowest BCUT2D eigenvalue weighted by Gasteiger charge is -2.23. The minimum Gasteiger partial charge on any atom is -0.347 e. The molecule has 0 aromatic carbocycles. The molecule has 6 heteroatoms. The molecule has 0 saturated carbocycles. The summed E-state index contributed by atoms with van der Waals surface area (Å²) in [5, 5.41) is 2.96. The molecule has 0 aliphatic rings. The Labute approximate surface area is 115 Å². The van der Waals surface area contributed by atoms with E-state index < -0.39 is 0 Å². The molecule has 0 aliphatic carbocycles. The summed E-state index contributed by atoms with van der Waals surface area (Å²) in [6.07, 6.45) is 3.36. The van der Waals surface area contributed by atoms with Crippen LogP contribution in [0, 0.1) is 0 Å². The third kappa shape index (κ3) is 5.00. The van der Waals surface area contributed by atoms with Crippen molar-refractivity contribution >= 4 is 5.91 Å². The Hall–Kier alpha value is -1.40. The third-order valence-electron chi connectivity index (χ3n) is 3.06. The van der Waals surface area contributed by atoms with Gasteiger partial charge in [-0.25, -0.2) is 4.98 Å². The average Bonchev–Trinajstić information content (AvgIpc) is 2.85. The molecular formula is C13H25N5O. The Kier molecular flexibility index (Phi) is 6.52. The van der Waals surface area contributed by atoms with Crippen LogP contribution in [-0.4, -0.2) is 52.6 Å². The zero-order valence-corrected chi connectivity index (χ0v) is 12.1. The monoisotopic (exact) mass is 267 g/mol. The first kappa shape index (κ1) is 15.7. The van der Waals surface area contributed by atoms with Crippen LogP contribution in [0.5, 0.6) is 0 Å². The minimum absolute atomic E-state index is 0.104. The molecule has 108 valence electrons. The number of hydrogen-bond acceptors (Lipinski definition) is 4. The first-order chi connectivity index (χ1) is 9.10. The molecule has 0 aliphatic heterocycles. The fourth-order valence-electron chi connectivity index (χ4n) is 1.96. The van der Waals surface area contributed by atoms with Crippen molar-refractivity contribution in [2.24, 2.45) is 5.73 Å². The maximum Gasteiger partial charge on any atom is 0.271 e. The predicted molar refractivity (Wildman–Crippen MR) is 76.0 cm³/mol. The summed E-state index contributed by atoms with van der Waals surface area (Å²) in [5.74, 6) is -0.129. The van der Waals surface area contributed by atoms with Crippen molar-refractivity contribution in [1.29, 1.82) is 0 Å². The lowest BCUT2D eigenvalue weighted by atomic mass is 10.3. The van der Waals surface area contributed by atoms with Crippen molar-refractivity contribution in [3.8, 4) is 0 Å². The number of imidazole rings is 1. The van der Waals surface area contributed by atoms with Crippen LogP contribution in [0.2, 0.25) is 0 Å². The topological polar surface area (TPSA) is 76.2 Å². The maximum atomic E-state index is 12.0. The fourth-order valence-corrected chi connectivity index (χ4v) is 1.96. The van der Waals surface area contributed by atoms with Crippen LogP contribution in [0.3, 0.4) is 0 Å². The molecule has 1 aromatic heterocycles. The van der Waals surface area contributed by atoms with Gasteiger partial charge in [0.2, 0.25) is 0 Å². The van der Waals surface area contributed by atoms with Crippen molar-refractivity contribution in [3.63, 3.8) is 0 Å². The maximum absolute atomic E-state index is 12.0. The van der Waals surface area contributed by atoms with Crippen LogP contribution < -0.4 is 11.1 Å². The quantitative estimate of drug-likeness (QED) is 0.710. The van der Waals surface area contributed by atoms with Gasteiger partial charge in [0.25, 0.3) is 5.91 Å². The van der Waals surface area contributed by atoms with Crippen LogP contribution in [0.15, 0.2) is 12.5 Å². The van der Waals surface area contributed by atoms with Crippen molar-refractivity contribution in [2.75, 3.05) is 26.2 Å². The highest BCUT2D eigenvalue weighted by Crippen LogP contribution is 1.98. The molecule has 0 bridgehead atoms. The molecule has 0 saturated heterocycles. The molecule has 19 heavy (non-hydrogen) atoms. The van der Waals surface area contributed by atoms with Gasteiger partial charge in [0.1, 0.15) is 5.69 Å². The van der Waals surface area contributed by atoms with Gasteiger partial charge in [-0.05, 0) is 20.0 Å². The van der Waals surface area contributed by atoms with Crippen LogP contribution in [0.1, 0.15) is 31.3 Å². The van der Waals surface area contributed by atoms with Crippen LogP contribution in [0.4, 0.5) is 0 Å².